The van der Waals surface area contributed by atoms with Gasteiger partial charge in [-0.1, -0.05) is 60.6 Å². The van der Waals surface area contributed by atoms with Gasteiger partial charge < -0.3 is 25.6 Å². The number of amides is 1. The van der Waals surface area contributed by atoms with Crippen molar-refractivity contribution in [1.82, 2.24) is 20.5 Å². The number of nitrogens with one attached hydrogen (secondary N) is 3. The molecule has 1 aliphatic rings. The van der Waals surface area contributed by atoms with Crippen molar-refractivity contribution in [2.75, 3.05) is 32.7 Å². The van der Waals surface area contributed by atoms with E-state index in [1.807, 2.05) is 12.1 Å². The average molecular weight is 497 g/mol. The summed E-state index contributed by atoms with van der Waals surface area (Å²) in [7, 11) is 0. The van der Waals surface area contributed by atoms with E-state index in [9.17, 15) is 14.7 Å². The van der Waals surface area contributed by atoms with Gasteiger partial charge in [0.25, 0.3) is 0 Å². The first-order chi connectivity index (χ1) is 17.1. The molecule has 8 heteroatoms. The number of phenols is 1. The Bertz CT molecular complexity index is 1140. The van der Waals surface area contributed by atoms with Crippen molar-refractivity contribution >= 4 is 27.5 Å². The van der Waals surface area contributed by atoms with E-state index in [2.05, 4.69) is 44.8 Å². The lowest BCUT2D eigenvalue weighted by Crippen LogP contribution is -2.44. The average Bonchev–Trinajstić information content (AvgIpc) is 3.53. The van der Waals surface area contributed by atoms with Crippen LogP contribution in [0.3, 0.4) is 0 Å². The quantitative estimate of drug-likeness (QED) is 0.272. The number of benzene rings is 2. The largest absolute Gasteiger partial charge is 0.506 e. The monoisotopic (exact) mass is 496 g/mol. The Morgan fingerprint density at radius 2 is 1.74 bits per heavy atom. The molecule has 35 heavy (non-hydrogen) atoms. The maximum atomic E-state index is 13.0. The third-order valence-corrected chi connectivity index (χ3v) is 7.73. The molecule has 0 unspecified atom stereocenters. The van der Waals surface area contributed by atoms with Crippen LogP contribution in [0, 0.1) is 0 Å². The van der Waals surface area contributed by atoms with Crippen LogP contribution in [0.1, 0.15) is 43.2 Å². The van der Waals surface area contributed by atoms with Gasteiger partial charge in [-0.05, 0) is 56.0 Å². The minimum Gasteiger partial charge on any atom is -0.506 e. The first kappa shape index (κ1) is 25.4. The van der Waals surface area contributed by atoms with Crippen LogP contribution in [-0.2, 0) is 17.6 Å². The molecule has 0 radical (unpaired) electrons. The Balaban J connectivity index is 1.20. The van der Waals surface area contributed by atoms with Gasteiger partial charge in [0.05, 0.1) is 4.70 Å². The highest BCUT2D eigenvalue weighted by Gasteiger charge is 2.25. The molecule has 1 aliphatic carbocycles. The number of hydrogen-bond acceptors (Lipinski definition) is 6. The number of aromatic amines is 1. The number of rotatable bonds is 13. The van der Waals surface area contributed by atoms with Gasteiger partial charge in [-0.15, -0.1) is 0 Å². The molecule has 4 rings (SSSR count). The number of carbonyl (C=O) groups is 1. The molecule has 0 bridgehead atoms. The number of aromatic hydroxyl groups is 1. The standard InChI is InChI=1S/C27H36N4O3S/c32-23-11-10-21(26-25(23)30-27(34)35-26)13-16-29-18-19-31(22-8-4-5-9-22)24(33)14-17-28-15-12-20-6-2-1-3-7-20/h1-3,6-7,10-11,22,28-29,32H,4-5,8-9,12-19H2,(H,30,34). The Morgan fingerprint density at radius 1 is 1.00 bits per heavy atom. The molecule has 1 heterocycles. The first-order valence-electron chi connectivity index (χ1n) is 12.7. The fourth-order valence-corrected chi connectivity index (χ4v) is 5.78. The van der Waals surface area contributed by atoms with Crippen molar-refractivity contribution in [2.45, 2.75) is 51.0 Å². The summed E-state index contributed by atoms with van der Waals surface area (Å²) < 4.78 is 0.819. The number of phenolic OH excluding ortho intramolecular Hbond substituents is 1. The van der Waals surface area contributed by atoms with E-state index in [4.69, 9.17) is 0 Å². The fourth-order valence-electron chi connectivity index (χ4n) is 4.89. The lowest BCUT2D eigenvalue weighted by Gasteiger charge is -2.29. The van der Waals surface area contributed by atoms with E-state index in [-0.39, 0.29) is 16.5 Å². The molecule has 1 saturated carbocycles. The van der Waals surface area contributed by atoms with Crippen LogP contribution in [0.4, 0.5) is 0 Å². The summed E-state index contributed by atoms with van der Waals surface area (Å²) in [5.41, 5.74) is 2.87. The van der Waals surface area contributed by atoms with Gasteiger partial charge in [0.15, 0.2) is 0 Å². The minimum atomic E-state index is -0.156. The molecule has 188 valence electrons. The summed E-state index contributed by atoms with van der Waals surface area (Å²) in [6.45, 7) is 3.80. The molecule has 1 amide bonds. The molecular formula is C27H36N4O3S. The topological polar surface area (TPSA) is 97.5 Å². The van der Waals surface area contributed by atoms with Gasteiger partial charge in [0.2, 0.25) is 5.91 Å². The highest BCUT2D eigenvalue weighted by molar-refractivity contribution is 7.16. The number of fused-ring (bicyclic) bond motifs is 1. The van der Waals surface area contributed by atoms with E-state index in [1.165, 1.54) is 18.4 Å². The predicted molar refractivity (Wildman–Crippen MR) is 142 cm³/mol. The number of carbonyl (C=O) groups excluding carboxylic acids is 1. The number of nitrogens with zero attached hydrogens (tertiary/aromatic N) is 1. The lowest BCUT2D eigenvalue weighted by molar-refractivity contribution is -0.133. The third kappa shape index (κ3) is 7.16. The number of aromatic nitrogens is 1. The summed E-state index contributed by atoms with van der Waals surface area (Å²) in [6, 6.07) is 14.3. The summed E-state index contributed by atoms with van der Waals surface area (Å²) in [5.74, 6) is 0.346. The Morgan fingerprint density at radius 3 is 2.54 bits per heavy atom. The first-order valence-corrected chi connectivity index (χ1v) is 13.5. The maximum Gasteiger partial charge on any atom is 0.305 e. The zero-order chi connectivity index (χ0) is 24.5. The second kappa shape index (κ2) is 12.9. The van der Waals surface area contributed by atoms with Crippen LogP contribution < -0.4 is 15.5 Å². The Labute approximate surface area is 210 Å². The maximum absolute atomic E-state index is 13.0. The SMILES string of the molecule is O=C(CCNCCc1ccccc1)N(CCNCCc1ccc(O)c2[nH]c(=O)sc12)C1CCCC1. The summed E-state index contributed by atoms with van der Waals surface area (Å²) in [4.78, 5) is 29.4. The molecule has 1 fully saturated rings. The molecule has 0 spiro atoms. The smallest absolute Gasteiger partial charge is 0.305 e. The molecule has 2 aromatic carbocycles. The summed E-state index contributed by atoms with van der Waals surface area (Å²) in [5, 5.41) is 16.8. The van der Waals surface area contributed by atoms with Crippen LogP contribution in [0.2, 0.25) is 0 Å². The van der Waals surface area contributed by atoms with E-state index in [0.717, 1.165) is 73.5 Å². The Kier molecular flexibility index (Phi) is 9.34. The number of hydrogen-bond donors (Lipinski definition) is 4. The highest BCUT2D eigenvalue weighted by Crippen LogP contribution is 2.28. The fraction of sp³-hybridized carbons (Fsp3) is 0.481. The van der Waals surface area contributed by atoms with Crippen molar-refractivity contribution in [3.05, 3.63) is 63.3 Å². The molecule has 4 N–H and O–H groups in total. The van der Waals surface area contributed by atoms with E-state index < -0.39 is 0 Å². The second-order valence-corrected chi connectivity index (χ2v) is 10.2. The zero-order valence-corrected chi connectivity index (χ0v) is 21.0. The molecule has 1 aromatic heterocycles. The van der Waals surface area contributed by atoms with E-state index in [0.29, 0.717) is 24.5 Å². The normalized spacial score (nSPS) is 14.1. The molecular weight excluding hydrogens is 460 g/mol. The number of thiazole rings is 1. The van der Waals surface area contributed by atoms with Crippen LogP contribution >= 0.6 is 11.3 Å². The van der Waals surface area contributed by atoms with Crippen molar-refractivity contribution in [2.24, 2.45) is 0 Å². The minimum absolute atomic E-state index is 0.107. The Hall–Kier alpha value is -2.68. The van der Waals surface area contributed by atoms with E-state index >= 15 is 0 Å². The molecule has 7 nitrogen and oxygen atoms in total. The van der Waals surface area contributed by atoms with Crippen LogP contribution in [-0.4, -0.2) is 59.7 Å². The van der Waals surface area contributed by atoms with Crippen LogP contribution in [0.5, 0.6) is 5.75 Å². The van der Waals surface area contributed by atoms with Crippen molar-refractivity contribution in [3.63, 3.8) is 0 Å². The molecule has 0 atom stereocenters. The molecule has 0 saturated heterocycles. The van der Waals surface area contributed by atoms with Gasteiger partial charge in [-0.25, -0.2) is 0 Å². The predicted octanol–water partition coefficient (Wildman–Crippen LogP) is 3.42. The highest BCUT2D eigenvalue weighted by atomic mass is 32.1. The third-order valence-electron chi connectivity index (χ3n) is 6.77. The van der Waals surface area contributed by atoms with Gasteiger partial charge in [-0.2, -0.15) is 0 Å². The lowest BCUT2D eigenvalue weighted by atomic mass is 10.1. The van der Waals surface area contributed by atoms with Gasteiger partial charge in [-0.3, -0.25) is 9.59 Å². The van der Waals surface area contributed by atoms with Crippen molar-refractivity contribution in [3.8, 4) is 5.75 Å². The van der Waals surface area contributed by atoms with Crippen LogP contribution in [0.15, 0.2) is 47.3 Å². The molecule has 3 aromatic rings. The zero-order valence-electron chi connectivity index (χ0n) is 20.2. The van der Waals surface area contributed by atoms with Gasteiger partial charge in [0.1, 0.15) is 11.3 Å². The van der Waals surface area contributed by atoms with Gasteiger partial charge >= 0.3 is 4.87 Å². The van der Waals surface area contributed by atoms with E-state index in [1.54, 1.807) is 6.07 Å². The van der Waals surface area contributed by atoms with Crippen molar-refractivity contribution in [1.29, 1.82) is 0 Å². The van der Waals surface area contributed by atoms with Crippen molar-refractivity contribution < 1.29 is 9.90 Å². The summed E-state index contributed by atoms with van der Waals surface area (Å²) in [6.07, 6.45) is 6.87. The summed E-state index contributed by atoms with van der Waals surface area (Å²) >= 11 is 1.13. The number of H-pyrrole nitrogens is 1. The van der Waals surface area contributed by atoms with Gasteiger partial charge in [0, 0.05) is 32.1 Å². The second-order valence-electron chi connectivity index (χ2n) is 9.22. The van der Waals surface area contributed by atoms with Crippen LogP contribution in [0.25, 0.3) is 10.2 Å². The molecule has 0 aliphatic heterocycles.